The number of alkyl halides is 1. The molecule has 0 bridgehead atoms. The van der Waals surface area contributed by atoms with Gasteiger partial charge < -0.3 is 4.57 Å². The van der Waals surface area contributed by atoms with Crippen molar-refractivity contribution in [3.8, 4) is 0 Å². The number of rotatable bonds is 5. The van der Waals surface area contributed by atoms with E-state index in [1.165, 1.54) is 0 Å². The van der Waals surface area contributed by atoms with Gasteiger partial charge in [0.05, 0.1) is 16.7 Å². The van der Waals surface area contributed by atoms with E-state index in [0.29, 0.717) is 5.88 Å². The van der Waals surface area contributed by atoms with E-state index in [0.717, 1.165) is 46.9 Å². The fraction of sp³-hybridized carbons (Fsp3) is 0.357. The Labute approximate surface area is 126 Å². The topological polar surface area (TPSA) is 43.6 Å². The molecule has 0 unspecified atom stereocenters. The highest BCUT2D eigenvalue weighted by atomic mass is 35.5. The highest BCUT2D eigenvalue weighted by Crippen LogP contribution is 2.18. The van der Waals surface area contributed by atoms with Gasteiger partial charge in [-0.3, -0.25) is 4.98 Å². The molecule has 6 heteroatoms. The summed E-state index contributed by atoms with van der Waals surface area (Å²) in [5.41, 5.74) is 3.14. The predicted octanol–water partition coefficient (Wildman–Crippen LogP) is 3.22. The molecule has 0 aliphatic carbocycles. The molecule has 0 radical (unpaired) electrons. The second kappa shape index (κ2) is 5.89. The third kappa shape index (κ3) is 2.69. The van der Waals surface area contributed by atoms with Crippen molar-refractivity contribution in [3.05, 3.63) is 40.4 Å². The highest BCUT2D eigenvalue weighted by molar-refractivity contribution is 7.09. The third-order valence-electron chi connectivity index (χ3n) is 3.16. The fourth-order valence-electron chi connectivity index (χ4n) is 2.28. The minimum atomic E-state index is 0.576. The van der Waals surface area contributed by atoms with E-state index in [-0.39, 0.29) is 0 Å². The Hall–Kier alpha value is -1.46. The van der Waals surface area contributed by atoms with E-state index in [1.807, 2.05) is 13.0 Å². The summed E-state index contributed by atoms with van der Waals surface area (Å²) in [6.07, 6.45) is 5.30. The fourth-order valence-corrected chi connectivity index (χ4v) is 3.22. The minimum absolute atomic E-state index is 0.576. The van der Waals surface area contributed by atoms with Crippen LogP contribution in [0.15, 0.2) is 23.8 Å². The van der Waals surface area contributed by atoms with Crippen LogP contribution in [0, 0.1) is 6.92 Å². The van der Waals surface area contributed by atoms with Crippen molar-refractivity contribution in [2.45, 2.75) is 26.3 Å². The lowest BCUT2D eigenvalue weighted by atomic mass is 10.3. The summed E-state index contributed by atoms with van der Waals surface area (Å²) in [4.78, 5) is 13.3. The van der Waals surface area contributed by atoms with E-state index >= 15 is 0 Å². The van der Waals surface area contributed by atoms with Crippen molar-refractivity contribution >= 4 is 34.0 Å². The lowest BCUT2D eigenvalue weighted by molar-refractivity contribution is 0.672. The van der Waals surface area contributed by atoms with Gasteiger partial charge in [-0.15, -0.1) is 22.9 Å². The summed E-state index contributed by atoms with van der Waals surface area (Å²) >= 11 is 7.59. The normalized spacial score (nSPS) is 11.3. The van der Waals surface area contributed by atoms with Gasteiger partial charge in [-0.1, -0.05) is 0 Å². The van der Waals surface area contributed by atoms with Crippen LogP contribution in [0.25, 0.3) is 11.0 Å². The maximum Gasteiger partial charge on any atom is 0.111 e. The predicted molar refractivity (Wildman–Crippen MR) is 82.5 cm³/mol. The lowest BCUT2D eigenvalue weighted by Crippen LogP contribution is -2.07. The first-order valence-electron chi connectivity index (χ1n) is 6.54. The Morgan fingerprint density at radius 2 is 2.20 bits per heavy atom. The molecule has 104 valence electrons. The van der Waals surface area contributed by atoms with Crippen molar-refractivity contribution in [2.75, 3.05) is 5.88 Å². The minimum Gasteiger partial charge on any atom is -0.327 e. The van der Waals surface area contributed by atoms with Crippen molar-refractivity contribution in [2.24, 2.45) is 0 Å². The number of aromatic nitrogens is 4. The van der Waals surface area contributed by atoms with Crippen molar-refractivity contribution < 1.29 is 0 Å². The van der Waals surface area contributed by atoms with Crippen LogP contribution in [0.4, 0.5) is 0 Å². The number of nitrogens with zero attached hydrogens (tertiary/aromatic N) is 4. The van der Waals surface area contributed by atoms with Crippen LogP contribution in [0.5, 0.6) is 0 Å². The molecule has 0 aliphatic heterocycles. The Morgan fingerprint density at radius 3 is 2.95 bits per heavy atom. The van der Waals surface area contributed by atoms with Crippen LogP contribution >= 0.6 is 22.9 Å². The summed E-state index contributed by atoms with van der Waals surface area (Å²) in [5, 5.41) is 3.25. The van der Waals surface area contributed by atoms with E-state index in [1.54, 1.807) is 23.7 Å². The van der Waals surface area contributed by atoms with Gasteiger partial charge in [0.1, 0.15) is 11.3 Å². The Bertz CT molecular complexity index is 719. The van der Waals surface area contributed by atoms with Crippen molar-refractivity contribution in [1.29, 1.82) is 0 Å². The standard InChI is InChI=1S/C14H15ClN4S/c1-10-9-20-14(17-10)4-7-19-12-3-6-16-8-11(12)18-13(19)2-5-15/h3,6,8-9H,2,4-5,7H2,1H3. The van der Waals surface area contributed by atoms with Crippen LogP contribution < -0.4 is 0 Å². The molecular formula is C14H15ClN4S. The Balaban J connectivity index is 1.90. The number of pyridine rings is 1. The summed E-state index contributed by atoms with van der Waals surface area (Å²) < 4.78 is 2.23. The Kier molecular flexibility index (Phi) is 3.98. The van der Waals surface area contributed by atoms with Crippen molar-refractivity contribution in [3.63, 3.8) is 0 Å². The highest BCUT2D eigenvalue weighted by Gasteiger charge is 2.10. The molecular weight excluding hydrogens is 292 g/mol. The molecule has 0 atom stereocenters. The number of fused-ring (bicyclic) bond motifs is 1. The first kappa shape index (κ1) is 13.5. The summed E-state index contributed by atoms with van der Waals surface area (Å²) in [5.74, 6) is 1.60. The van der Waals surface area contributed by atoms with Crippen LogP contribution in [0.1, 0.15) is 16.5 Å². The molecule has 20 heavy (non-hydrogen) atoms. The summed E-state index contributed by atoms with van der Waals surface area (Å²) in [6.45, 7) is 2.90. The molecule has 4 nitrogen and oxygen atoms in total. The number of hydrogen-bond donors (Lipinski definition) is 0. The van der Waals surface area contributed by atoms with Crippen LogP contribution in [0.2, 0.25) is 0 Å². The quantitative estimate of drug-likeness (QED) is 0.680. The SMILES string of the molecule is Cc1csc(CCn2c(CCCl)nc3cnccc32)n1. The van der Waals surface area contributed by atoms with Gasteiger partial charge in [0.25, 0.3) is 0 Å². The van der Waals surface area contributed by atoms with E-state index in [2.05, 4.69) is 24.9 Å². The van der Waals surface area contributed by atoms with Gasteiger partial charge in [0.2, 0.25) is 0 Å². The molecule has 3 rings (SSSR count). The zero-order valence-electron chi connectivity index (χ0n) is 11.2. The summed E-state index contributed by atoms with van der Waals surface area (Å²) in [7, 11) is 0. The molecule has 0 aliphatic rings. The molecule has 0 saturated carbocycles. The van der Waals surface area contributed by atoms with Gasteiger partial charge in [0, 0.05) is 42.5 Å². The lowest BCUT2D eigenvalue weighted by Gasteiger charge is -2.07. The average molecular weight is 307 g/mol. The third-order valence-corrected chi connectivity index (χ3v) is 4.38. The Morgan fingerprint density at radius 1 is 1.30 bits per heavy atom. The second-order valence-electron chi connectivity index (χ2n) is 4.62. The van der Waals surface area contributed by atoms with Crippen LogP contribution in [-0.2, 0) is 19.4 Å². The van der Waals surface area contributed by atoms with Gasteiger partial charge in [-0.2, -0.15) is 0 Å². The number of halogens is 1. The van der Waals surface area contributed by atoms with Gasteiger partial charge in [0.15, 0.2) is 0 Å². The first-order valence-corrected chi connectivity index (χ1v) is 7.95. The smallest absolute Gasteiger partial charge is 0.111 e. The first-order chi connectivity index (χ1) is 9.78. The molecule has 0 spiro atoms. The second-order valence-corrected chi connectivity index (χ2v) is 5.94. The molecule has 0 amide bonds. The molecule has 0 fully saturated rings. The zero-order valence-corrected chi connectivity index (χ0v) is 12.8. The molecule has 3 heterocycles. The maximum atomic E-state index is 5.88. The van der Waals surface area contributed by atoms with E-state index < -0.39 is 0 Å². The number of hydrogen-bond acceptors (Lipinski definition) is 4. The largest absolute Gasteiger partial charge is 0.327 e. The zero-order chi connectivity index (χ0) is 13.9. The average Bonchev–Trinajstić information content (AvgIpc) is 3.00. The monoisotopic (exact) mass is 306 g/mol. The molecule has 0 N–H and O–H groups in total. The van der Waals surface area contributed by atoms with E-state index in [9.17, 15) is 0 Å². The summed E-state index contributed by atoms with van der Waals surface area (Å²) in [6, 6.07) is 2.01. The van der Waals surface area contributed by atoms with Gasteiger partial charge in [-0.25, -0.2) is 9.97 Å². The van der Waals surface area contributed by atoms with Crippen molar-refractivity contribution in [1.82, 2.24) is 19.5 Å². The number of thiazole rings is 1. The molecule has 3 aromatic heterocycles. The number of imidazole rings is 1. The molecule has 0 aromatic carbocycles. The van der Waals surface area contributed by atoms with E-state index in [4.69, 9.17) is 11.6 Å². The maximum absolute atomic E-state index is 5.88. The van der Waals surface area contributed by atoms with Gasteiger partial charge >= 0.3 is 0 Å². The molecule has 3 aromatic rings. The van der Waals surface area contributed by atoms with Crippen LogP contribution in [-0.4, -0.2) is 25.4 Å². The molecule has 0 saturated heterocycles. The van der Waals surface area contributed by atoms with Crippen LogP contribution in [0.3, 0.4) is 0 Å². The van der Waals surface area contributed by atoms with Gasteiger partial charge in [-0.05, 0) is 13.0 Å². The number of aryl methyl sites for hydroxylation is 4.